The van der Waals surface area contributed by atoms with Gasteiger partial charge >= 0.3 is 5.97 Å². The average molecular weight is 473 g/mol. The molecular weight excluding hydrogens is 456 g/mol. The molecule has 0 radical (unpaired) electrons. The molecule has 2 amide bonds. The number of nitrogens with one attached hydrogen (secondary N) is 2. The number of thiophene rings is 1. The molecule has 1 aliphatic rings. The molecule has 2 N–H and O–H groups in total. The highest BCUT2D eigenvalue weighted by Gasteiger charge is 2.19. The Morgan fingerprint density at radius 2 is 1.72 bits per heavy atom. The molecule has 4 rings (SSSR count). The first-order valence-electron chi connectivity index (χ1n) is 9.40. The van der Waals surface area contributed by atoms with E-state index in [-0.39, 0.29) is 24.8 Å². The van der Waals surface area contributed by atoms with Gasteiger partial charge in [-0.05, 0) is 48.0 Å². The van der Waals surface area contributed by atoms with E-state index in [0.717, 1.165) is 16.9 Å². The van der Waals surface area contributed by atoms with E-state index in [1.54, 1.807) is 12.1 Å². The Labute approximate surface area is 192 Å². The third kappa shape index (κ3) is 4.68. The number of methoxy groups -OCH3 is 1. The first kappa shape index (κ1) is 21.7. The van der Waals surface area contributed by atoms with Crippen molar-refractivity contribution in [3.8, 4) is 11.5 Å². The zero-order valence-corrected chi connectivity index (χ0v) is 18.3. The minimum atomic E-state index is -0.497. The van der Waals surface area contributed by atoms with Crippen LogP contribution in [0.4, 0.5) is 5.00 Å². The standard InChI is InChI=1S/C22H17ClN2O6S/c1-29-22(28)14-5-3-13(4-6-14)19(26)25-21-15(9-18(23)32-21)20(27)24-10-12-2-7-16-17(8-12)31-11-30-16/h2-9H,10-11H2,1H3,(H,24,27)(H,25,26). The summed E-state index contributed by atoms with van der Waals surface area (Å²) in [6.07, 6.45) is 0. The molecular formula is C22H17ClN2O6S. The first-order chi connectivity index (χ1) is 15.4. The van der Waals surface area contributed by atoms with Crippen molar-refractivity contribution in [3.05, 3.63) is 75.1 Å². The number of fused-ring (bicyclic) bond motifs is 1. The zero-order chi connectivity index (χ0) is 22.7. The minimum Gasteiger partial charge on any atom is -0.465 e. The second-order valence-corrected chi connectivity index (χ2v) is 8.37. The lowest BCUT2D eigenvalue weighted by Crippen LogP contribution is -2.24. The van der Waals surface area contributed by atoms with Crippen LogP contribution in [0, 0.1) is 0 Å². The van der Waals surface area contributed by atoms with E-state index in [9.17, 15) is 14.4 Å². The van der Waals surface area contributed by atoms with Gasteiger partial charge in [-0.2, -0.15) is 0 Å². The Morgan fingerprint density at radius 3 is 2.47 bits per heavy atom. The smallest absolute Gasteiger partial charge is 0.337 e. The lowest BCUT2D eigenvalue weighted by molar-refractivity contribution is 0.0600. The molecule has 2 heterocycles. The summed E-state index contributed by atoms with van der Waals surface area (Å²) in [5.41, 5.74) is 1.72. The van der Waals surface area contributed by atoms with Crippen LogP contribution in [0.3, 0.4) is 0 Å². The summed E-state index contributed by atoms with van der Waals surface area (Å²) in [5, 5.41) is 5.83. The maximum absolute atomic E-state index is 12.7. The van der Waals surface area contributed by atoms with Crippen molar-refractivity contribution in [1.29, 1.82) is 0 Å². The van der Waals surface area contributed by atoms with Gasteiger partial charge in [0.1, 0.15) is 5.00 Å². The van der Waals surface area contributed by atoms with Crippen LogP contribution in [0.2, 0.25) is 4.34 Å². The minimum absolute atomic E-state index is 0.174. The van der Waals surface area contributed by atoms with Crippen LogP contribution in [0.5, 0.6) is 11.5 Å². The number of ether oxygens (including phenoxy) is 3. The Hall–Kier alpha value is -3.56. The molecule has 0 saturated carbocycles. The maximum atomic E-state index is 12.7. The third-order valence-corrected chi connectivity index (χ3v) is 5.81. The molecule has 3 aromatic rings. The zero-order valence-electron chi connectivity index (χ0n) is 16.8. The molecule has 0 aliphatic carbocycles. The second kappa shape index (κ2) is 9.29. The average Bonchev–Trinajstić information content (AvgIpc) is 3.42. The number of carbonyl (C=O) groups excluding carboxylic acids is 3. The van der Waals surface area contributed by atoms with Crippen LogP contribution in [0.15, 0.2) is 48.5 Å². The van der Waals surface area contributed by atoms with Gasteiger partial charge in [-0.25, -0.2) is 4.79 Å². The number of anilines is 1. The Kier molecular flexibility index (Phi) is 6.29. The fraction of sp³-hybridized carbons (Fsp3) is 0.136. The van der Waals surface area contributed by atoms with E-state index in [1.165, 1.54) is 37.4 Å². The number of amides is 2. The van der Waals surface area contributed by atoms with Crippen molar-refractivity contribution in [2.24, 2.45) is 0 Å². The normalized spacial score (nSPS) is 11.7. The molecule has 0 atom stereocenters. The van der Waals surface area contributed by atoms with Gasteiger partial charge in [0.2, 0.25) is 6.79 Å². The maximum Gasteiger partial charge on any atom is 0.337 e. The van der Waals surface area contributed by atoms with Crippen molar-refractivity contribution in [3.63, 3.8) is 0 Å². The number of halogens is 1. The molecule has 0 saturated heterocycles. The predicted octanol–water partition coefficient (Wildman–Crippen LogP) is 4.10. The van der Waals surface area contributed by atoms with Crippen molar-refractivity contribution in [2.75, 3.05) is 19.2 Å². The molecule has 32 heavy (non-hydrogen) atoms. The molecule has 10 heteroatoms. The number of benzene rings is 2. The largest absolute Gasteiger partial charge is 0.465 e. The van der Waals surface area contributed by atoms with Crippen LogP contribution in [0.1, 0.15) is 36.6 Å². The molecule has 8 nitrogen and oxygen atoms in total. The van der Waals surface area contributed by atoms with Gasteiger partial charge in [-0.3, -0.25) is 9.59 Å². The van der Waals surface area contributed by atoms with Crippen LogP contribution in [-0.2, 0) is 11.3 Å². The molecule has 0 fully saturated rings. The molecule has 0 bridgehead atoms. The summed E-state index contributed by atoms with van der Waals surface area (Å²) >= 11 is 7.17. The van der Waals surface area contributed by atoms with Gasteiger partial charge in [0, 0.05) is 12.1 Å². The lowest BCUT2D eigenvalue weighted by atomic mass is 10.1. The van der Waals surface area contributed by atoms with E-state index in [4.69, 9.17) is 21.1 Å². The lowest BCUT2D eigenvalue weighted by Gasteiger charge is -2.09. The molecule has 2 aromatic carbocycles. The third-order valence-electron chi connectivity index (χ3n) is 4.63. The van der Waals surface area contributed by atoms with Gasteiger partial charge in [-0.15, -0.1) is 11.3 Å². The van der Waals surface area contributed by atoms with Crippen molar-refractivity contribution < 1.29 is 28.6 Å². The van der Waals surface area contributed by atoms with E-state index in [2.05, 4.69) is 15.4 Å². The van der Waals surface area contributed by atoms with Crippen molar-refractivity contribution >= 4 is 45.7 Å². The summed E-state index contributed by atoms with van der Waals surface area (Å²) in [6.45, 7) is 0.429. The van der Waals surface area contributed by atoms with Crippen LogP contribution in [0.25, 0.3) is 0 Å². The molecule has 1 aliphatic heterocycles. The first-order valence-corrected chi connectivity index (χ1v) is 10.6. The van der Waals surface area contributed by atoms with E-state index < -0.39 is 11.9 Å². The van der Waals surface area contributed by atoms with Crippen LogP contribution in [-0.4, -0.2) is 31.7 Å². The Balaban J connectivity index is 1.43. The van der Waals surface area contributed by atoms with Crippen LogP contribution < -0.4 is 20.1 Å². The fourth-order valence-corrected chi connectivity index (χ4v) is 4.12. The Morgan fingerprint density at radius 1 is 1.00 bits per heavy atom. The summed E-state index contributed by atoms with van der Waals surface area (Å²) in [6, 6.07) is 12.9. The predicted molar refractivity (Wildman–Crippen MR) is 119 cm³/mol. The van der Waals surface area contributed by atoms with E-state index in [1.807, 2.05) is 6.07 Å². The van der Waals surface area contributed by atoms with Gasteiger partial charge in [0.25, 0.3) is 11.8 Å². The van der Waals surface area contributed by atoms with Crippen LogP contribution >= 0.6 is 22.9 Å². The van der Waals surface area contributed by atoms with E-state index in [0.29, 0.717) is 32.0 Å². The van der Waals surface area contributed by atoms with E-state index >= 15 is 0 Å². The molecule has 1 aromatic heterocycles. The highest BCUT2D eigenvalue weighted by atomic mass is 35.5. The highest BCUT2D eigenvalue weighted by Crippen LogP contribution is 2.33. The van der Waals surface area contributed by atoms with Gasteiger partial charge in [0.15, 0.2) is 11.5 Å². The fourth-order valence-electron chi connectivity index (χ4n) is 3.00. The summed E-state index contributed by atoms with van der Waals surface area (Å²) in [4.78, 5) is 36.9. The summed E-state index contributed by atoms with van der Waals surface area (Å²) < 4.78 is 15.6. The van der Waals surface area contributed by atoms with Gasteiger partial charge in [0.05, 0.1) is 22.6 Å². The van der Waals surface area contributed by atoms with Gasteiger partial charge in [-0.1, -0.05) is 17.7 Å². The van der Waals surface area contributed by atoms with Crippen molar-refractivity contribution in [1.82, 2.24) is 5.32 Å². The molecule has 0 unspecified atom stereocenters. The van der Waals surface area contributed by atoms with Crippen molar-refractivity contribution in [2.45, 2.75) is 6.54 Å². The molecule has 0 spiro atoms. The summed E-state index contributed by atoms with van der Waals surface area (Å²) in [7, 11) is 1.28. The topological polar surface area (TPSA) is 103 Å². The number of hydrogen-bond acceptors (Lipinski definition) is 7. The quantitative estimate of drug-likeness (QED) is 0.523. The summed E-state index contributed by atoms with van der Waals surface area (Å²) in [5.74, 6) is -0.0360. The monoisotopic (exact) mass is 472 g/mol. The number of carbonyl (C=O) groups is 3. The number of hydrogen-bond donors (Lipinski definition) is 2. The Bertz CT molecular complexity index is 1190. The number of rotatable bonds is 6. The SMILES string of the molecule is COC(=O)c1ccc(C(=O)Nc2sc(Cl)cc2C(=O)NCc2ccc3c(c2)OCO3)cc1. The van der Waals surface area contributed by atoms with Gasteiger partial charge < -0.3 is 24.8 Å². The second-order valence-electron chi connectivity index (χ2n) is 6.69. The molecule has 164 valence electrons. The highest BCUT2D eigenvalue weighted by molar-refractivity contribution is 7.20. The number of esters is 1.